The summed E-state index contributed by atoms with van der Waals surface area (Å²) in [5.41, 5.74) is 2.02. The van der Waals surface area contributed by atoms with Crippen molar-refractivity contribution >= 4 is 23.4 Å². The number of furan rings is 1. The van der Waals surface area contributed by atoms with Crippen molar-refractivity contribution < 1.29 is 18.7 Å². The first-order valence-corrected chi connectivity index (χ1v) is 6.33. The van der Waals surface area contributed by atoms with Crippen molar-refractivity contribution in [2.75, 3.05) is 17.7 Å². The Balaban J connectivity index is 2.09. The third-order valence-corrected chi connectivity index (χ3v) is 2.78. The molecule has 0 bridgehead atoms. The van der Waals surface area contributed by atoms with E-state index in [9.17, 15) is 9.59 Å². The molecule has 0 spiro atoms. The number of esters is 1. The van der Waals surface area contributed by atoms with Gasteiger partial charge in [-0.1, -0.05) is 17.7 Å². The van der Waals surface area contributed by atoms with Crippen molar-refractivity contribution in [1.29, 1.82) is 0 Å². The van der Waals surface area contributed by atoms with Crippen molar-refractivity contribution in [3.63, 3.8) is 0 Å². The second-order valence-electron chi connectivity index (χ2n) is 4.54. The SMILES string of the molecule is COC(=O)c1oc(C)cc1NC(=O)Nc1ccc(C)cc1. The van der Waals surface area contributed by atoms with Gasteiger partial charge in [0.2, 0.25) is 5.76 Å². The monoisotopic (exact) mass is 288 g/mol. The Bertz CT molecular complexity index is 659. The summed E-state index contributed by atoms with van der Waals surface area (Å²) in [5, 5.41) is 5.23. The lowest BCUT2D eigenvalue weighted by Crippen LogP contribution is -2.20. The third kappa shape index (κ3) is 3.62. The van der Waals surface area contributed by atoms with Gasteiger partial charge < -0.3 is 19.8 Å². The molecule has 0 unspecified atom stereocenters. The molecular weight excluding hydrogens is 272 g/mol. The highest BCUT2D eigenvalue weighted by Crippen LogP contribution is 2.21. The van der Waals surface area contributed by atoms with Crippen molar-refractivity contribution in [3.8, 4) is 0 Å². The molecule has 21 heavy (non-hydrogen) atoms. The highest BCUT2D eigenvalue weighted by atomic mass is 16.5. The molecule has 6 heteroatoms. The molecule has 0 aliphatic carbocycles. The minimum atomic E-state index is -0.645. The summed E-state index contributed by atoms with van der Waals surface area (Å²) < 4.78 is 9.82. The number of carbonyl (C=O) groups excluding carboxylic acids is 2. The predicted octanol–water partition coefficient (Wildman–Crippen LogP) is 3.33. The van der Waals surface area contributed by atoms with Gasteiger partial charge in [0.05, 0.1) is 12.8 Å². The predicted molar refractivity (Wildman–Crippen MR) is 78.6 cm³/mol. The highest BCUT2D eigenvalue weighted by molar-refractivity contribution is 6.04. The average molecular weight is 288 g/mol. The molecule has 0 aliphatic heterocycles. The minimum Gasteiger partial charge on any atom is -0.463 e. The highest BCUT2D eigenvalue weighted by Gasteiger charge is 2.19. The molecule has 1 heterocycles. The molecule has 110 valence electrons. The fraction of sp³-hybridized carbons (Fsp3) is 0.200. The molecule has 1 aromatic heterocycles. The number of nitrogens with one attached hydrogen (secondary N) is 2. The van der Waals surface area contributed by atoms with Gasteiger partial charge in [0.25, 0.3) is 0 Å². The largest absolute Gasteiger partial charge is 0.463 e. The van der Waals surface area contributed by atoms with Gasteiger partial charge in [0.15, 0.2) is 0 Å². The van der Waals surface area contributed by atoms with Crippen LogP contribution in [0, 0.1) is 13.8 Å². The van der Waals surface area contributed by atoms with Gasteiger partial charge in [0, 0.05) is 11.8 Å². The first-order chi connectivity index (χ1) is 9.99. The molecule has 0 saturated carbocycles. The van der Waals surface area contributed by atoms with Gasteiger partial charge in [-0.25, -0.2) is 9.59 Å². The molecule has 2 N–H and O–H groups in total. The van der Waals surface area contributed by atoms with Gasteiger partial charge in [-0.3, -0.25) is 0 Å². The molecule has 0 saturated heterocycles. The number of methoxy groups -OCH3 is 1. The fourth-order valence-corrected chi connectivity index (χ4v) is 1.77. The first kappa shape index (κ1) is 14.6. The van der Waals surface area contributed by atoms with Crippen LogP contribution in [-0.4, -0.2) is 19.1 Å². The number of carbonyl (C=O) groups is 2. The number of ether oxygens (including phenoxy) is 1. The number of hydrogen-bond donors (Lipinski definition) is 2. The minimum absolute atomic E-state index is 0.0333. The molecule has 1 aromatic carbocycles. The maximum Gasteiger partial charge on any atom is 0.376 e. The summed E-state index contributed by atoms with van der Waals surface area (Å²) in [7, 11) is 1.25. The summed E-state index contributed by atoms with van der Waals surface area (Å²) in [6, 6.07) is 8.44. The van der Waals surface area contributed by atoms with Gasteiger partial charge in [-0.05, 0) is 26.0 Å². The maximum absolute atomic E-state index is 11.9. The summed E-state index contributed by atoms with van der Waals surface area (Å²) >= 11 is 0. The quantitative estimate of drug-likeness (QED) is 0.849. The summed E-state index contributed by atoms with van der Waals surface area (Å²) in [6.45, 7) is 3.64. The Morgan fingerprint density at radius 3 is 2.38 bits per heavy atom. The van der Waals surface area contributed by atoms with Crippen LogP contribution < -0.4 is 10.6 Å². The number of rotatable bonds is 3. The topological polar surface area (TPSA) is 80.6 Å². The zero-order valence-corrected chi connectivity index (χ0v) is 12.0. The van der Waals surface area contributed by atoms with E-state index in [1.165, 1.54) is 7.11 Å². The van der Waals surface area contributed by atoms with Crippen LogP contribution in [0.1, 0.15) is 21.9 Å². The van der Waals surface area contributed by atoms with E-state index >= 15 is 0 Å². The van der Waals surface area contributed by atoms with Crippen LogP contribution in [0.5, 0.6) is 0 Å². The molecule has 2 aromatic rings. The number of anilines is 2. The van der Waals surface area contributed by atoms with Crippen LogP contribution in [0.2, 0.25) is 0 Å². The average Bonchev–Trinajstić information content (AvgIpc) is 2.81. The fourth-order valence-electron chi connectivity index (χ4n) is 1.77. The van der Waals surface area contributed by atoms with E-state index in [1.54, 1.807) is 25.1 Å². The van der Waals surface area contributed by atoms with Crippen LogP contribution in [0.4, 0.5) is 16.2 Å². The van der Waals surface area contributed by atoms with E-state index in [4.69, 9.17) is 4.42 Å². The second kappa shape index (κ2) is 6.13. The number of hydrogen-bond acceptors (Lipinski definition) is 4. The lowest BCUT2D eigenvalue weighted by Gasteiger charge is -2.07. The zero-order chi connectivity index (χ0) is 15.4. The van der Waals surface area contributed by atoms with Crippen molar-refractivity contribution in [2.24, 2.45) is 0 Å². The Morgan fingerprint density at radius 1 is 1.10 bits per heavy atom. The van der Waals surface area contributed by atoms with E-state index < -0.39 is 12.0 Å². The van der Waals surface area contributed by atoms with E-state index in [2.05, 4.69) is 15.4 Å². The lowest BCUT2D eigenvalue weighted by molar-refractivity contribution is 0.0565. The summed E-state index contributed by atoms with van der Waals surface area (Å²) in [5.74, 6) is -0.177. The van der Waals surface area contributed by atoms with Crippen molar-refractivity contribution in [3.05, 3.63) is 47.4 Å². The molecule has 2 amide bonds. The maximum atomic E-state index is 11.9. The van der Waals surface area contributed by atoms with Crippen molar-refractivity contribution in [1.82, 2.24) is 0 Å². The zero-order valence-electron chi connectivity index (χ0n) is 12.0. The number of urea groups is 1. The van der Waals surface area contributed by atoms with Gasteiger partial charge in [-0.15, -0.1) is 0 Å². The van der Waals surface area contributed by atoms with E-state index in [0.717, 1.165) is 5.56 Å². The van der Waals surface area contributed by atoms with Crippen LogP contribution in [0.3, 0.4) is 0 Å². The van der Waals surface area contributed by atoms with Crippen LogP contribution >= 0.6 is 0 Å². The normalized spacial score (nSPS) is 10.0. The second-order valence-corrected chi connectivity index (χ2v) is 4.54. The van der Waals surface area contributed by atoms with Gasteiger partial charge >= 0.3 is 12.0 Å². The summed E-state index contributed by atoms with van der Waals surface area (Å²) in [6.07, 6.45) is 0. The Labute approximate surface area is 122 Å². The molecule has 0 aliphatic rings. The van der Waals surface area contributed by atoms with Gasteiger partial charge in [-0.2, -0.15) is 0 Å². The van der Waals surface area contributed by atoms with E-state index in [-0.39, 0.29) is 11.4 Å². The molecule has 6 nitrogen and oxygen atoms in total. The van der Waals surface area contributed by atoms with E-state index in [0.29, 0.717) is 11.4 Å². The number of aryl methyl sites for hydroxylation is 2. The Morgan fingerprint density at radius 2 is 1.76 bits per heavy atom. The van der Waals surface area contributed by atoms with E-state index in [1.807, 2.05) is 19.1 Å². The summed E-state index contributed by atoms with van der Waals surface area (Å²) in [4.78, 5) is 23.5. The number of amides is 2. The molecule has 2 rings (SSSR count). The van der Waals surface area contributed by atoms with Crippen LogP contribution in [0.25, 0.3) is 0 Å². The lowest BCUT2D eigenvalue weighted by atomic mass is 10.2. The van der Waals surface area contributed by atoms with Gasteiger partial charge in [0.1, 0.15) is 5.76 Å². The smallest absolute Gasteiger partial charge is 0.376 e. The molecule has 0 fully saturated rings. The number of benzene rings is 1. The van der Waals surface area contributed by atoms with Crippen molar-refractivity contribution in [2.45, 2.75) is 13.8 Å². The first-order valence-electron chi connectivity index (χ1n) is 6.33. The molecule has 0 atom stereocenters. The third-order valence-electron chi connectivity index (χ3n) is 2.78. The van der Waals surface area contributed by atoms with Crippen LogP contribution in [-0.2, 0) is 4.74 Å². The van der Waals surface area contributed by atoms with Crippen LogP contribution in [0.15, 0.2) is 34.7 Å². The molecule has 0 radical (unpaired) electrons. The standard InChI is InChI=1S/C15H16N2O4/c1-9-4-6-11(7-5-9)16-15(19)17-12-8-10(2)21-13(12)14(18)20-3/h4-8H,1-3H3,(H2,16,17,19). The Hall–Kier alpha value is -2.76. The Kier molecular flexibility index (Phi) is 4.27. The molecular formula is C15H16N2O4.